The first kappa shape index (κ1) is 11.6. The lowest BCUT2D eigenvalue weighted by Crippen LogP contribution is -2.19. The van der Waals surface area contributed by atoms with Crippen molar-refractivity contribution in [2.24, 2.45) is 11.8 Å². The molecule has 0 spiro atoms. The minimum atomic E-state index is -0.0828. The van der Waals surface area contributed by atoms with Crippen molar-refractivity contribution in [1.29, 1.82) is 0 Å². The molecule has 1 N–H and O–H groups in total. The van der Waals surface area contributed by atoms with Crippen LogP contribution in [0.5, 0.6) is 0 Å². The Labute approximate surface area is 115 Å². The third kappa shape index (κ3) is 1.61. The second-order valence-corrected chi connectivity index (χ2v) is 5.99. The van der Waals surface area contributed by atoms with Crippen LogP contribution in [0.25, 0.3) is 11.2 Å². The molecule has 19 heavy (non-hydrogen) atoms. The Kier molecular flexibility index (Phi) is 2.53. The summed E-state index contributed by atoms with van der Waals surface area (Å²) >= 11 is 6.08. The van der Waals surface area contributed by atoms with Crippen LogP contribution < -0.4 is 0 Å². The number of hydrogen-bond acceptors (Lipinski definition) is 4. The van der Waals surface area contributed by atoms with Crippen molar-refractivity contribution >= 4 is 22.8 Å². The first-order chi connectivity index (χ1) is 9.28. The molecule has 2 bridgehead atoms. The zero-order chi connectivity index (χ0) is 13.0. The average molecular weight is 279 g/mol. The number of aliphatic hydroxyl groups excluding tert-OH is 1. The molecule has 0 aliphatic heterocycles. The van der Waals surface area contributed by atoms with Gasteiger partial charge in [0.15, 0.2) is 10.8 Å². The van der Waals surface area contributed by atoms with Gasteiger partial charge in [-0.2, -0.15) is 0 Å². The van der Waals surface area contributed by atoms with Gasteiger partial charge >= 0.3 is 0 Å². The maximum atomic E-state index is 9.57. The lowest BCUT2D eigenvalue weighted by atomic mass is 9.95. The van der Waals surface area contributed by atoms with Crippen LogP contribution in [0.15, 0.2) is 6.33 Å². The van der Waals surface area contributed by atoms with Gasteiger partial charge in [0.1, 0.15) is 24.3 Å². The summed E-state index contributed by atoms with van der Waals surface area (Å²) in [4.78, 5) is 12.7. The minimum absolute atomic E-state index is 0.0828. The molecule has 2 aromatic heterocycles. The number of imidazole rings is 1. The van der Waals surface area contributed by atoms with E-state index in [0.29, 0.717) is 28.5 Å². The molecule has 2 aliphatic rings. The predicted molar refractivity (Wildman–Crippen MR) is 70.7 cm³/mol. The average Bonchev–Trinajstić information content (AvgIpc) is 3.11. The molecule has 4 rings (SSSR count). The van der Waals surface area contributed by atoms with E-state index in [1.807, 2.05) is 0 Å². The highest BCUT2D eigenvalue weighted by molar-refractivity contribution is 6.33. The number of fused-ring (bicyclic) bond motifs is 3. The molecule has 0 radical (unpaired) electrons. The molecular weight excluding hydrogens is 264 g/mol. The first-order valence-electron chi connectivity index (χ1n) is 6.76. The van der Waals surface area contributed by atoms with Crippen molar-refractivity contribution in [2.75, 3.05) is 0 Å². The Morgan fingerprint density at radius 1 is 1.32 bits per heavy atom. The van der Waals surface area contributed by atoms with Gasteiger partial charge in [0.05, 0.1) is 0 Å². The molecule has 0 aromatic carbocycles. The van der Waals surface area contributed by atoms with E-state index in [0.717, 1.165) is 11.6 Å². The van der Waals surface area contributed by atoms with E-state index in [2.05, 4.69) is 19.5 Å². The third-order valence-electron chi connectivity index (χ3n) is 4.68. The van der Waals surface area contributed by atoms with Crippen molar-refractivity contribution in [3.8, 4) is 0 Å². The second-order valence-electron chi connectivity index (χ2n) is 5.64. The van der Waals surface area contributed by atoms with Crippen LogP contribution in [-0.2, 0) is 6.61 Å². The maximum Gasteiger partial charge on any atom is 0.165 e. The molecule has 2 fully saturated rings. The summed E-state index contributed by atoms with van der Waals surface area (Å²) in [5, 5.41) is 9.93. The molecule has 100 valence electrons. The molecule has 0 unspecified atom stereocenters. The van der Waals surface area contributed by atoms with Crippen LogP contribution in [0.2, 0.25) is 5.15 Å². The van der Waals surface area contributed by atoms with E-state index in [1.54, 1.807) is 0 Å². The quantitative estimate of drug-likeness (QED) is 0.857. The Morgan fingerprint density at radius 3 is 2.89 bits per heavy atom. The molecular formula is C13H15ClN4O. The number of hydrogen-bond donors (Lipinski definition) is 1. The molecule has 2 aliphatic carbocycles. The Bertz CT molecular complexity index is 641. The number of aromatic nitrogens is 4. The zero-order valence-electron chi connectivity index (χ0n) is 10.5. The summed E-state index contributed by atoms with van der Waals surface area (Å²) in [6.07, 6.45) is 6.56. The van der Waals surface area contributed by atoms with E-state index in [-0.39, 0.29) is 6.61 Å². The van der Waals surface area contributed by atoms with Crippen molar-refractivity contribution < 1.29 is 5.11 Å². The Morgan fingerprint density at radius 2 is 2.21 bits per heavy atom. The van der Waals surface area contributed by atoms with Crippen molar-refractivity contribution in [1.82, 2.24) is 19.5 Å². The van der Waals surface area contributed by atoms with Gasteiger partial charge in [-0.3, -0.25) is 0 Å². The summed E-state index contributed by atoms with van der Waals surface area (Å²) in [7, 11) is 0. The van der Waals surface area contributed by atoms with Crippen molar-refractivity contribution in [3.05, 3.63) is 17.3 Å². The summed E-state index contributed by atoms with van der Waals surface area (Å²) < 4.78 is 2.10. The lowest BCUT2D eigenvalue weighted by molar-refractivity contribution is 0.248. The summed E-state index contributed by atoms with van der Waals surface area (Å²) in [6, 6.07) is 0.414. The highest BCUT2D eigenvalue weighted by atomic mass is 35.5. The maximum absolute atomic E-state index is 9.57. The van der Waals surface area contributed by atoms with E-state index in [4.69, 9.17) is 11.6 Å². The van der Waals surface area contributed by atoms with Gasteiger partial charge < -0.3 is 9.67 Å². The van der Waals surface area contributed by atoms with Crippen LogP contribution in [0.3, 0.4) is 0 Å². The SMILES string of the molecule is OCc1nc2c(Cl)ncnc2n1[C@@H]1C[C@H]2CC[C@@H]1C2. The van der Waals surface area contributed by atoms with Crippen molar-refractivity contribution in [2.45, 2.75) is 38.3 Å². The molecule has 3 atom stereocenters. The van der Waals surface area contributed by atoms with Crippen LogP contribution in [0.1, 0.15) is 37.5 Å². The summed E-state index contributed by atoms with van der Waals surface area (Å²) in [5.74, 6) is 2.19. The van der Waals surface area contributed by atoms with Crippen LogP contribution in [-0.4, -0.2) is 24.6 Å². The summed E-state index contributed by atoms with van der Waals surface area (Å²) in [5.41, 5.74) is 1.37. The van der Waals surface area contributed by atoms with Gasteiger partial charge in [0.25, 0.3) is 0 Å². The molecule has 2 heterocycles. The fraction of sp³-hybridized carbons (Fsp3) is 0.615. The zero-order valence-corrected chi connectivity index (χ0v) is 11.2. The molecule has 0 saturated heterocycles. The fourth-order valence-electron chi connectivity index (χ4n) is 3.91. The Balaban J connectivity index is 1.90. The molecule has 0 amide bonds. The number of halogens is 1. The van der Waals surface area contributed by atoms with Gasteiger partial charge in [0, 0.05) is 6.04 Å². The minimum Gasteiger partial charge on any atom is -0.388 e. The van der Waals surface area contributed by atoms with Crippen LogP contribution >= 0.6 is 11.6 Å². The highest BCUT2D eigenvalue weighted by Crippen LogP contribution is 2.51. The van der Waals surface area contributed by atoms with E-state index >= 15 is 0 Å². The van der Waals surface area contributed by atoms with Gasteiger partial charge in [-0.1, -0.05) is 18.0 Å². The van der Waals surface area contributed by atoms with Gasteiger partial charge in [-0.05, 0) is 31.1 Å². The largest absolute Gasteiger partial charge is 0.388 e. The second kappa shape index (κ2) is 4.15. The molecule has 2 aromatic rings. The Hall–Kier alpha value is -1.20. The van der Waals surface area contributed by atoms with E-state index in [9.17, 15) is 5.11 Å². The third-order valence-corrected chi connectivity index (χ3v) is 4.96. The molecule has 5 nitrogen and oxygen atoms in total. The monoisotopic (exact) mass is 278 g/mol. The number of rotatable bonds is 2. The molecule has 6 heteroatoms. The lowest BCUT2D eigenvalue weighted by Gasteiger charge is -2.24. The normalized spacial score (nSPS) is 29.5. The standard InChI is InChI=1S/C13H15ClN4O/c14-12-11-13(16-6-15-12)18(10(5-19)17-11)9-4-7-1-2-8(9)3-7/h6-9,19H,1-5H2/t7-,8+,9+/m0/s1. The highest BCUT2D eigenvalue weighted by Gasteiger charge is 2.42. The van der Waals surface area contributed by atoms with E-state index in [1.165, 1.54) is 32.0 Å². The number of aliphatic hydroxyl groups is 1. The van der Waals surface area contributed by atoms with Gasteiger partial charge in [-0.15, -0.1) is 0 Å². The first-order valence-corrected chi connectivity index (χ1v) is 7.14. The smallest absolute Gasteiger partial charge is 0.165 e. The molecule has 2 saturated carbocycles. The number of nitrogens with zero attached hydrogens (tertiary/aromatic N) is 4. The topological polar surface area (TPSA) is 63.8 Å². The predicted octanol–water partition coefficient (Wildman–Crippen LogP) is 2.33. The van der Waals surface area contributed by atoms with Gasteiger partial charge in [-0.25, -0.2) is 15.0 Å². The fourth-order valence-corrected chi connectivity index (χ4v) is 4.08. The van der Waals surface area contributed by atoms with E-state index < -0.39 is 0 Å². The summed E-state index contributed by atoms with van der Waals surface area (Å²) in [6.45, 7) is -0.0828. The van der Waals surface area contributed by atoms with Gasteiger partial charge in [0.2, 0.25) is 0 Å². The van der Waals surface area contributed by atoms with Crippen molar-refractivity contribution in [3.63, 3.8) is 0 Å². The van der Waals surface area contributed by atoms with Crippen LogP contribution in [0, 0.1) is 11.8 Å². The van der Waals surface area contributed by atoms with Crippen LogP contribution in [0.4, 0.5) is 0 Å².